The van der Waals surface area contributed by atoms with Gasteiger partial charge in [0.05, 0.1) is 12.3 Å². The Labute approximate surface area is 272 Å². The van der Waals surface area contributed by atoms with Crippen molar-refractivity contribution in [3.8, 4) is 22.3 Å². The second kappa shape index (κ2) is 9.29. The van der Waals surface area contributed by atoms with Crippen LogP contribution in [0.3, 0.4) is 0 Å². The van der Waals surface area contributed by atoms with Crippen molar-refractivity contribution in [1.82, 2.24) is 0 Å². The van der Waals surface area contributed by atoms with Crippen molar-refractivity contribution < 1.29 is 16.8 Å². The Hall–Kier alpha value is -5.92. The Kier molecular flexibility index (Phi) is 3.59. The van der Waals surface area contributed by atoms with Crippen LogP contribution in [0, 0.1) is 0 Å². The molecule has 1 heterocycles. The second-order valence-electron chi connectivity index (χ2n) is 11.3. The molecule has 0 spiro atoms. The number of hydrogen-bond acceptors (Lipinski definition) is 1. The summed E-state index contributed by atoms with van der Waals surface area (Å²) in [5.74, 6) is 0. The minimum absolute atomic E-state index is 0.0291. The highest BCUT2D eigenvalue weighted by Crippen LogP contribution is 2.49. The fourth-order valence-electron chi connectivity index (χ4n) is 7.11. The molecule has 0 saturated carbocycles. The van der Waals surface area contributed by atoms with Crippen molar-refractivity contribution >= 4 is 75.8 Å². The summed E-state index contributed by atoms with van der Waals surface area (Å²) in [6, 6.07) is 29.8. The van der Waals surface area contributed by atoms with E-state index in [4.69, 9.17) is 14.0 Å². The van der Waals surface area contributed by atoms with Gasteiger partial charge >= 0.3 is 0 Å². The molecule has 1 heteroatoms. The summed E-state index contributed by atoms with van der Waals surface area (Å²) in [5, 5.41) is 6.86. The SMILES string of the molecule is [2H]c1c([2H])c([2H])c2c(c1[2H])c([2H])c(-c1c3ccccc3c(-c3cccc4oc5c6ccccc6ccc5c34)c3ccccc13)c1c([2H])c([2H])c([2H])c([2H])c12. The molecule has 208 valence electrons. The topological polar surface area (TPSA) is 13.1 Å². The van der Waals surface area contributed by atoms with Gasteiger partial charge in [0.1, 0.15) is 11.2 Å². The van der Waals surface area contributed by atoms with E-state index in [1.54, 1.807) is 0 Å². The molecule has 0 unspecified atom stereocenters. The largest absolute Gasteiger partial charge is 0.455 e. The molecule has 0 aliphatic heterocycles. The average molecular weight is 580 g/mol. The summed E-state index contributed by atoms with van der Waals surface area (Å²) in [6.07, 6.45) is 0. The molecule has 0 saturated heterocycles. The van der Waals surface area contributed by atoms with E-state index < -0.39 is 42.3 Å². The van der Waals surface area contributed by atoms with Crippen LogP contribution in [0.25, 0.3) is 98.1 Å². The highest BCUT2D eigenvalue weighted by atomic mass is 16.3. The van der Waals surface area contributed by atoms with E-state index in [1.165, 1.54) is 0 Å². The van der Waals surface area contributed by atoms with Crippen LogP contribution in [0.15, 0.2) is 162 Å². The Balaban J connectivity index is 1.44. The molecule has 1 aromatic heterocycles. The van der Waals surface area contributed by atoms with Crippen LogP contribution in [0.2, 0.25) is 0 Å². The zero-order chi connectivity index (χ0) is 37.3. The van der Waals surface area contributed by atoms with Crippen LogP contribution in [0.1, 0.15) is 12.3 Å². The molecular formula is C44H26O. The molecule has 0 fully saturated rings. The minimum Gasteiger partial charge on any atom is -0.455 e. The van der Waals surface area contributed by atoms with Crippen LogP contribution >= 0.6 is 0 Å². The van der Waals surface area contributed by atoms with E-state index in [1.807, 2.05) is 72.8 Å². The van der Waals surface area contributed by atoms with E-state index in [9.17, 15) is 2.74 Å². The van der Waals surface area contributed by atoms with Gasteiger partial charge in [-0.15, -0.1) is 0 Å². The van der Waals surface area contributed by atoms with Crippen molar-refractivity contribution in [2.24, 2.45) is 0 Å². The molecule has 45 heavy (non-hydrogen) atoms. The first-order chi connectivity index (χ1) is 26.1. The lowest BCUT2D eigenvalue weighted by atomic mass is 9.83. The highest BCUT2D eigenvalue weighted by molar-refractivity contribution is 6.29. The highest BCUT2D eigenvalue weighted by Gasteiger charge is 2.22. The summed E-state index contributed by atoms with van der Waals surface area (Å²) >= 11 is 0. The number of furan rings is 1. The fraction of sp³-hybridized carbons (Fsp3) is 0. The van der Waals surface area contributed by atoms with Gasteiger partial charge < -0.3 is 4.42 Å². The number of hydrogen-bond donors (Lipinski definition) is 0. The van der Waals surface area contributed by atoms with Crippen molar-refractivity contribution in [1.29, 1.82) is 0 Å². The Morgan fingerprint density at radius 1 is 0.400 bits per heavy atom. The molecule has 0 N–H and O–H groups in total. The second-order valence-corrected chi connectivity index (χ2v) is 11.3. The Morgan fingerprint density at radius 2 is 1.00 bits per heavy atom. The molecule has 0 bridgehead atoms. The van der Waals surface area contributed by atoms with Gasteiger partial charge in [0.25, 0.3) is 0 Å². The third-order valence-electron chi connectivity index (χ3n) is 8.96. The first-order valence-electron chi connectivity index (χ1n) is 19.3. The van der Waals surface area contributed by atoms with Gasteiger partial charge in [0.15, 0.2) is 0 Å². The summed E-state index contributed by atoms with van der Waals surface area (Å²) in [7, 11) is 0. The monoisotopic (exact) mass is 579 g/mol. The number of rotatable bonds is 2. The Morgan fingerprint density at radius 3 is 1.73 bits per heavy atom. The van der Waals surface area contributed by atoms with Crippen molar-refractivity contribution in [2.75, 3.05) is 0 Å². The average Bonchev–Trinajstić information content (AvgIpc) is 3.59. The molecule has 0 amide bonds. The lowest BCUT2D eigenvalue weighted by Gasteiger charge is -2.20. The molecule has 0 aliphatic rings. The smallest absolute Gasteiger partial charge is 0.143 e. The molecular weight excluding hydrogens is 544 g/mol. The quantitative estimate of drug-likeness (QED) is 0.147. The summed E-state index contributed by atoms with van der Waals surface area (Å²) in [5.41, 5.74) is 4.09. The Bertz CT molecular complexity index is 3270. The van der Waals surface area contributed by atoms with E-state index in [0.717, 1.165) is 54.6 Å². The van der Waals surface area contributed by atoms with Crippen LogP contribution in [-0.2, 0) is 0 Å². The maximum Gasteiger partial charge on any atom is 0.143 e. The molecule has 1 nitrogen and oxygen atoms in total. The van der Waals surface area contributed by atoms with E-state index in [0.29, 0.717) is 16.3 Å². The number of benzene rings is 9. The molecule has 0 radical (unpaired) electrons. The van der Waals surface area contributed by atoms with E-state index >= 15 is 0 Å². The van der Waals surface area contributed by atoms with Crippen LogP contribution in [-0.4, -0.2) is 0 Å². The molecule has 0 aliphatic carbocycles. The molecule has 0 atom stereocenters. The summed E-state index contributed by atoms with van der Waals surface area (Å²) < 4.78 is 86.7. The van der Waals surface area contributed by atoms with Gasteiger partial charge in [0, 0.05) is 16.2 Å². The zero-order valence-corrected chi connectivity index (χ0v) is 23.7. The fourth-order valence-corrected chi connectivity index (χ4v) is 7.11. The molecule has 9 aromatic carbocycles. The van der Waals surface area contributed by atoms with Crippen molar-refractivity contribution in [2.45, 2.75) is 0 Å². The van der Waals surface area contributed by atoms with E-state index in [-0.39, 0.29) is 39.2 Å². The first kappa shape index (κ1) is 17.4. The van der Waals surface area contributed by atoms with Gasteiger partial charge in [-0.25, -0.2) is 0 Å². The van der Waals surface area contributed by atoms with Crippen LogP contribution in [0.5, 0.6) is 0 Å². The number of fused-ring (bicyclic) bond motifs is 10. The van der Waals surface area contributed by atoms with Gasteiger partial charge in [0.2, 0.25) is 0 Å². The third kappa shape index (κ3) is 3.44. The van der Waals surface area contributed by atoms with E-state index in [2.05, 4.69) is 30.3 Å². The standard InChI is InChI=1S/C44H26O/c1-4-15-30-27(12-1)24-25-38-43-37(22-11-23-40(43)45-44(30)38)41-33-18-7-9-20-35(33)42(36-21-10-8-19-34(36)41)39-26-28-13-2-3-14-29(28)31-16-5-6-17-32(31)39/h1-26H/i2D,3D,5D,6D,13D,14D,16D,17D,26D. The van der Waals surface area contributed by atoms with Crippen molar-refractivity contribution in [3.05, 3.63) is 158 Å². The minimum atomic E-state index is -0.539. The summed E-state index contributed by atoms with van der Waals surface area (Å²) in [6.45, 7) is 0. The normalized spacial score (nSPS) is 14.8. The predicted molar refractivity (Wildman–Crippen MR) is 192 cm³/mol. The first-order valence-corrected chi connectivity index (χ1v) is 14.8. The van der Waals surface area contributed by atoms with Crippen molar-refractivity contribution in [3.63, 3.8) is 0 Å². The van der Waals surface area contributed by atoms with Gasteiger partial charge in [-0.1, -0.05) is 139 Å². The van der Waals surface area contributed by atoms with Gasteiger partial charge in [-0.05, 0) is 88.9 Å². The van der Waals surface area contributed by atoms with Crippen LogP contribution < -0.4 is 0 Å². The zero-order valence-electron chi connectivity index (χ0n) is 32.7. The summed E-state index contributed by atoms with van der Waals surface area (Å²) in [4.78, 5) is 0. The maximum atomic E-state index is 9.75. The predicted octanol–water partition coefficient (Wildman–Crippen LogP) is 12.7. The van der Waals surface area contributed by atoms with Gasteiger partial charge in [-0.2, -0.15) is 0 Å². The molecule has 10 aromatic rings. The van der Waals surface area contributed by atoms with Gasteiger partial charge in [-0.3, -0.25) is 0 Å². The van der Waals surface area contributed by atoms with Crippen LogP contribution in [0.4, 0.5) is 0 Å². The third-order valence-corrected chi connectivity index (χ3v) is 8.96. The lowest BCUT2D eigenvalue weighted by molar-refractivity contribution is 0.673. The maximum absolute atomic E-state index is 9.75. The lowest BCUT2D eigenvalue weighted by Crippen LogP contribution is -1.92. The molecule has 10 rings (SSSR count).